The van der Waals surface area contributed by atoms with Gasteiger partial charge in [0.1, 0.15) is 12.2 Å². The van der Waals surface area contributed by atoms with Crippen molar-refractivity contribution in [2.45, 2.75) is 37.6 Å². The number of rotatable bonds is 4. The van der Waals surface area contributed by atoms with E-state index in [0.717, 1.165) is 5.56 Å². The fraction of sp³-hybridized carbons (Fsp3) is 0.500. The summed E-state index contributed by atoms with van der Waals surface area (Å²) in [6, 6.07) is 9.83. The molecule has 0 N–H and O–H groups in total. The van der Waals surface area contributed by atoms with Gasteiger partial charge in [0.05, 0.1) is 13.0 Å². The molecule has 2 aliphatic rings. The van der Waals surface area contributed by atoms with Crippen LogP contribution in [0.1, 0.15) is 12.0 Å². The third kappa shape index (κ3) is 2.49. The summed E-state index contributed by atoms with van der Waals surface area (Å²) in [5.74, 6) is -0.238. The summed E-state index contributed by atoms with van der Waals surface area (Å²) in [6.07, 6.45) is -1.19. The quantitative estimate of drug-likeness (QED) is 0.766. The summed E-state index contributed by atoms with van der Waals surface area (Å²) in [7, 11) is 1.56. The lowest BCUT2D eigenvalue weighted by Gasteiger charge is -2.21. The minimum atomic E-state index is -0.480. The molecular weight excluding hydrogens is 248 g/mol. The molecule has 0 aromatic heterocycles. The Morgan fingerprint density at radius 3 is 2.84 bits per heavy atom. The summed E-state index contributed by atoms with van der Waals surface area (Å²) >= 11 is 0. The van der Waals surface area contributed by atoms with Crippen LogP contribution in [0.2, 0.25) is 0 Å². The standard InChI is InChI=1S/C14H16O5/c1-16-14-13(12-10(18-14)7-11(15)19-12)17-8-9-5-3-2-4-6-9/h2-6,10,12-14H,7-8H2,1H3/t10-,12+,13-,14?/m1/s1. The van der Waals surface area contributed by atoms with Crippen molar-refractivity contribution in [2.75, 3.05) is 7.11 Å². The summed E-state index contributed by atoms with van der Waals surface area (Å²) in [6.45, 7) is 0.440. The Kier molecular flexibility index (Phi) is 3.50. The Morgan fingerprint density at radius 2 is 2.11 bits per heavy atom. The molecule has 0 aliphatic carbocycles. The van der Waals surface area contributed by atoms with Crippen LogP contribution >= 0.6 is 0 Å². The Bertz CT molecular complexity index is 446. The predicted octanol–water partition coefficient (Wildman–Crippen LogP) is 1.26. The summed E-state index contributed by atoms with van der Waals surface area (Å²) in [5, 5.41) is 0. The molecule has 5 nitrogen and oxygen atoms in total. The Balaban J connectivity index is 1.66. The van der Waals surface area contributed by atoms with Gasteiger partial charge in [-0.1, -0.05) is 30.3 Å². The highest BCUT2D eigenvalue weighted by molar-refractivity contribution is 5.72. The lowest BCUT2D eigenvalue weighted by atomic mass is 10.1. The predicted molar refractivity (Wildman–Crippen MR) is 65.2 cm³/mol. The van der Waals surface area contributed by atoms with Crippen molar-refractivity contribution in [3.05, 3.63) is 35.9 Å². The number of hydrogen-bond donors (Lipinski definition) is 0. The van der Waals surface area contributed by atoms with Gasteiger partial charge in [0.25, 0.3) is 0 Å². The molecule has 4 atom stereocenters. The minimum Gasteiger partial charge on any atom is -0.456 e. The normalized spacial score (nSPS) is 33.2. The van der Waals surface area contributed by atoms with Crippen molar-refractivity contribution in [2.24, 2.45) is 0 Å². The summed E-state index contributed by atoms with van der Waals surface area (Å²) < 4.78 is 21.9. The van der Waals surface area contributed by atoms with Crippen molar-refractivity contribution < 1.29 is 23.7 Å². The molecule has 2 fully saturated rings. The van der Waals surface area contributed by atoms with Gasteiger partial charge in [-0.2, -0.15) is 0 Å². The van der Waals surface area contributed by atoms with Gasteiger partial charge >= 0.3 is 5.97 Å². The fourth-order valence-corrected chi connectivity index (χ4v) is 2.49. The smallest absolute Gasteiger partial charge is 0.309 e. The number of ether oxygens (including phenoxy) is 4. The maximum atomic E-state index is 11.3. The van der Waals surface area contributed by atoms with E-state index in [4.69, 9.17) is 18.9 Å². The topological polar surface area (TPSA) is 54.0 Å². The average molecular weight is 264 g/mol. The van der Waals surface area contributed by atoms with Crippen LogP contribution in [-0.2, 0) is 30.3 Å². The molecule has 3 rings (SSSR count). The van der Waals surface area contributed by atoms with Crippen molar-refractivity contribution >= 4 is 5.97 Å². The third-order valence-electron chi connectivity index (χ3n) is 3.42. The van der Waals surface area contributed by atoms with Crippen LogP contribution < -0.4 is 0 Å². The molecule has 0 amide bonds. The first-order chi connectivity index (χ1) is 9.28. The van der Waals surface area contributed by atoms with E-state index in [1.54, 1.807) is 7.11 Å². The van der Waals surface area contributed by atoms with E-state index in [-0.39, 0.29) is 30.7 Å². The molecule has 0 spiro atoms. The number of esters is 1. The van der Waals surface area contributed by atoms with Gasteiger partial charge in [0.2, 0.25) is 0 Å². The molecule has 0 radical (unpaired) electrons. The number of carbonyl (C=O) groups excluding carboxylic acids is 1. The van der Waals surface area contributed by atoms with Crippen LogP contribution in [-0.4, -0.2) is 37.7 Å². The van der Waals surface area contributed by atoms with E-state index in [2.05, 4.69) is 0 Å². The Morgan fingerprint density at radius 1 is 1.32 bits per heavy atom. The third-order valence-corrected chi connectivity index (χ3v) is 3.42. The van der Waals surface area contributed by atoms with Gasteiger partial charge in [-0.25, -0.2) is 0 Å². The second-order valence-electron chi connectivity index (χ2n) is 4.70. The Labute approximate surface area is 111 Å². The van der Waals surface area contributed by atoms with Crippen LogP contribution in [0.25, 0.3) is 0 Å². The largest absolute Gasteiger partial charge is 0.456 e. The zero-order valence-corrected chi connectivity index (χ0v) is 10.7. The SMILES string of the molecule is COC1O[C@@H]2CC(=O)O[C@@H]2[C@H]1OCc1ccccc1. The first-order valence-corrected chi connectivity index (χ1v) is 6.31. The van der Waals surface area contributed by atoms with E-state index < -0.39 is 6.29 Å². The number of benzene rings is 1. The zero-order valence-electron chi connectivity index (χ0n) is 10.7. The van der Waals surface area contributed by atoms with E-state index in [0.29, 0.717) is 6.61 Å². The molecule has 0 bridgehead atoms. The number of carbonyl (C=O) groups is 1. The molecule has 1 aromatic rings. The van der Waals surface area contributed by atoms with Gasteiger partial charge < -0.3 is 18.9 Å². The molecule has 19 heavy (non-hydrogen) atoms. The maximum absolute atomic E-state index is 11.3. The highest BCUT2D eigenvalue weighted by atomic mass is 16.7. The van der Waals surface area contributed by atoms with Crippen LogP contribution in [0.15, 0.2) is 30.3 Å². The molecule has 1 aromatic carbocycles. The van der Waals surface area contributed by atoms with Crippen LogP contribution in [0.4, 0.5) is 0 Å². The monoisotopic (exact) mass is 264 g/mol. The first kappa shape index (κ1) is 12.6. The van der Waals surface area contributed by atoms with Crippen molar-refractivity contribution in [1.82, 2.24) is 0 Å². The Hall–Kier alpha value is -1.43. The highest BCUT2D eigenvalue weighted by Crippen LogP contribution is 2.34. The van der Waals surface area contributed by atoms with Crippen LogP contribution in [0.3, 0.4) is 0 Å². The van der Waals surface area contributed by atoms with Gasteiger partial charge in [-0.3, -0.25) is 4.79 Å². The van der Waals surface area contributed by atoms with Crippen molar-refractivity contribution in [3.8, 4) is 0 Å². The zero-order chi connectivity index (χ0) is 13.2. The molecule has 1 unspecified atom stereocenters. The fourth-order valence-electron chi connectivity index (χ4n) is 2.49. The van der Waals surface area contributed by atoms with E-state index in [1.807, 2.05) is 30.3 Å². The first-order valence-electron chi connectivity index (χ1n) is 6.31. The molecule has 0 saturated carbocycles. The average Bonchev–Trinajstić information content (AvgIpc) is 2.93. The molecule has 2 aliphatic heterocycles. The van der Waals surface area contributed by atoms with E-state index in [9.17, 15) is 4.79 Å². The lowest BCUT2D eigenvalue weighted by molar-refractivity contribution is -0.177. The van der Waals surface area contributed by atoms with Gasteiger partial charge in [0.15, 0.2) is 12.4 Å². The number of fused-ring (bicyclic) bond motifs is 1. The van der Waals surface area contributed by atoms with Crippen molar-refractivity contribution in [3.63, 3.8) is 0 Å². The maximum Gasteiger partial charge on any atom is 0.309 e. The summed E-state index contributed by atoms with van der Waals surface area (Å²) in [4.78, 5) is 11.3. The molecule has 5 heteroatoms. The molecule has 2 saturated heterocycles. The van der Waals surface area contributed by atoms with Gasteiger partial charge in [-0.15, -0.1) is 0 Å². The van der Waals surface area contributed by atoms with E-state index in [1.165, 1.54) is 0 Å². The highest BCUT2D eigenvalue weighted by Gasteiger charge is 2.52. The van der Waals surface area contributed by atoms with Crippen molar-refractivity contribution in [1.29, 1.82) is 0 Å². The molecular formula is C14H16O5. The van der Waals surface area contributed by atoms with Crippen LogP contribution in [0, 0.1) is 0 Å². The number of hydrogen-bond acceptors (Lipinski definition) is 5. The van der Waals surface area contributed by atoms with E-state index >= 15 is 0 Å². The van der Waals surface area contributed by atoms with Gasteiger partial charge in [-0.05, 0) is 5.56 Å². The minimum absolute atomic E-state index is 0.238. The lowest BCUT2D eigenvalue weighted by Crippen LogP contribution is -2.35. The van der Waals surface area contributed by atoms with Crippen LogP contribution in [0.5, 0.6) is 0 Å². The molecule has 102 valence electrons. The second-order valence-corrected chi connectivity index (χ2v) is 4.70. The summed E-state index contributed by atoms with van der Waals surface area (Å²) in [5.41, 5.74) is 1.06. The number of methoxy groups -OCH3 is 1. The molecule has 2 heterocycles. The van der Waals surface area contributed by atoms with Gasteiger partial charge in [0, 0.05) is 7.11 Å². The second kappa shape index (κ2) is 5.28.